The molecule has 0 aromatic heterocycles. The van der Waals surface area contributed by atoms with E-state index >= 15 is 0 Å². The summed E-state index contributed by atoms with van der Waals surface area (Å²) in [5, 5.41) is 0. The van der Waals surface area contributed by atoms with Crippen LogP contribution in [-0.2, 0) is 38.9 Å². The Balaban J connectivity index is 0. The zero-order valence-electron chi connectivity index (χ0n) is 1.56. The Bertz CT molecular complexity index is 8.00. The maximum absolute atomic E-state index is 0. The van der Waals surface area contributed by atoms with E-state index in [2.05, 4.69) is 0 Å². The Labute approximate surface area is 85.7 Å². The van der Waals surface area contributed by atoms with E-state index in [1.165, 1.54) is 0 Å². The average Bonchev–Trinajstić information content (AvgIpc) is 0. The molecule has 0 unspecified atom stereocenters. The van der Waals surface area contributed by atoms with E-state index < -0.39 is 0 Å². The smallest absolute Gasteiger partial charge is 0 e. The van der Waals surface area contributed by atoms with Crippen molar-refractivity contribution in [2.24, 2.45) is 0 Å². The molecule has 0 saturated heterocycles. The van der Waals surface area contributed by atoms with Crippen LogP contribution in [0.25, 0.3) is 0 Å². The van der Waals surface area contributed by atoms with Crippen LogP contribution in [0.1, 0.15) is 0 Å². The predicted octanol–water partition coefficient (Wildman–Crippen LogP) is -0.767. The van der Waals surface area contributed by atoms with Crippen LogP contribution in [0.3, 0.4) is 0 Å². The molecular weight excluding hydrogens is 407 g/mol. The van der Waals surface area contributed by atoms with E-state index in [9.17, 15) is 0 Å². The fraction of sp³-hybridized carbons (Fsp3) is 0. The third kappa shape index (κ3) is 8.85. The second kappa shape index (κ2) is 16.9. The van der Waals surface area contributed by atoms with Crippen molar-refractivity contribution in [2.45, 2.75) is 0 Å². The second-order valence-electron chi connectivity index (χ2n) is 0. The Hall–Kier alpha value is 2.85. The molecule has 0 N–H and O–H groups in total. The Morgan fingerprint density at radius 2 is 1.00 bits per heavy atom. The van der Waals surface area contributed by atoms with E-state index in [4.69, 9.17) is 0 Å². The van der Waals surface area contributed by atoms with Gasteiger partial charge in [-0.05, 0) is 0 Å². The van der Waals surface area contributed by atoms with Crippen molar-refractivity contribution < 1.29 is 38.9 Å². The fourth-order valence-electron chi connectivity index (χ4n) is 0. The SMILES string of the molecule is [Ag].[Ni].[Sb].[Sn]. The molecule has 0 spiro atoms. The van der Waals surface area contributed by atoms with Gasteiger partial charge in [0.05, 0.1) is 0 Å². The van der Waals surface area contributed by atoms with Crippen LogP contribution in [-0.4, -0.2) is 48.3 Å². The molecule has 4 heteroatoms. The minimum Gasteiger partial charge on any atom is 0 e. The third-order valence-electron chi connectivity index (χ3n) is 0. The van der Waals surface area contributed by atoms with Gasteiger partial charge in [0.1, 0.15) is 0 Å². The first-order chi connectivity index (χ1) is 0. The van der Waals surface area contributed by atoms with Crippen LogP contribution in [0.5, 0.6) is 0 Å². The molecular formula is AgNiSbSn. The summed E-state index contributed by atoms with van der Waals surface area (Å²) < 4.78 is 0. The minimum absolute atomic E-state index is 0. The number of hydrogen-bond donors (Lipinski definition) is 0. The van der Waals surface area contributed by atoms with Crippen molar-refractivity contribution >= 4 is 48.3 Å². The largest absolute Gasteiger partial charge is 0 e. The van der Waals surface area contributed by atoms with E-state index in [0.717, 1.165) is 0 Å². The van der Waals surface area contributed by atoms with Crippen LogP contribution in [0.15, 0.2) is 0 Å². The van der Waals surface area contributed by atoms with Gasteiger partial charge in [-0.2, -0.15) is 0 Å². The monoisotopic (exact) mass is 406 g/mol. The first-order valence-electron chi connectivity index (χ1n) is 0. The topological polar surface area (TPSA) is 0 Å². The van der Waals surface area contributed by atoms with Crippen molar-refractivity contribution in [3.8, 4) is 0 Å². The summed E-state index contributed by atoms with van der Waals surface area (Å²) >= 11 is 0. The molecule has 0 aliphatic rings. The third-order valence-corrected chi connectivity index (χ3v) is 0. The minimum atomic E-state index is 0. The van der Waals surface area contributed by atoms with Gasteiger partial charge in [-0.1, -0.05) is 0 Å². The average molecular weight is 407 g/mol. The second-order valence-corrected chi connectivity index (χ2v) is 0. The van der Waals surface area contributed by atoms with Gasteiger partial charge in [-0.15, -0.1) is 0 Å². The van der Waals surface area contributed by atoms with Crippen LogP contribution in [0.2, 0.25) is 0 Å². The molecule has 0 atom stereocenters. The van der Waals surface area contributed by atoms with Gasteiger partial charge in [0.25, 0.3) is 0 Å². The molecule has 0 aromatic carbocycles. The first-order valence-corrected chi connectivity index (χ1v) is 0. The van der Waals surface area contributed by atoms with Crippen LogP contribution in [0.4, 0.5) is 0 Å². The van der Waals surface area contributed by atoms with Crippen molar-refractivity contribution in [1.82, 2.24) is 0 Å². The molecule has 0 saturated carbocycles. The van der Waals surface area contributed by atoms with Crippen LogP contribution in [0, 0.1) is 0 Å². The zero-order valence-corrected chi connectivity index (χ0v) is 9.44. The molecule has 0 nitrogen and oxygen atoms in total. The summed E-state index contributed by atoms with van der Waals surface area (Å²) in [4.78, 5) is 0. The van der Waals surface area contributed by atoms with E-state index in [1.54, 1.807) is 0 Å². The van der Waals surface area contributed by atoms with E-state index in [1.807, 2.05) is 0 Å². The van der Waals surface area contributed by atoms with Gasteiger partial charge < -0.3 is 0 Å². The molecule has 4 heavy (non-hydrogen) atoms. The van der Waals surface area contributed by atoms with Crippen molar-refractivity contribution in [3.63, 3.8) is 0 Å². The fourth-order valence-corrected chi connectivity index (χ4v) is 0. The summed E-state index contributed by atoms with van der Waals surface area (Å²) in [7, 11) is 0. The normalized spacial score (nSPS) is 0. The maximum Gasteiger partial charge on any atom is 0 e. The van der Waals surface area contributed by atoms with Gasteiger partial charge in [0.15, 0.2) is 0 Å². The van der Waals surface area contributed by atoms with Gasteiger partial charge in [0.2, 0.25) is 0 Å². The van der Waals surface area contributed by atoms with Gasteiger partial charge >= 0.3 is 0 Å². The summed E-state index contributed by atoms with van der Waals surface area (Å²) in [6, 6.07) is 0. The summed E-state index contributed by atoms with van der Waals surface area (Å²) in [5.41, 5.74) is 0. The molecule has 0 aromatic rings. The summed E-state index contributed by atoms with van der Waals surface area (Å²) in [6.45, 7) is 0. The molecule has 0 aliphatic carbocycles. The maximum atomic E-state index is 0. The molecule has 30 valence electrons. The summed E-state index contributed by atoms with van der Waals surface area (Å²) in [5.74, 6) is 0. The molecule has 0 rings (SSSR count). The van der Waals surface area contributed by atoms with Gasteiger partial charge in [-0.3, -0.25) is 0 Å². The Morgan fingerprint density at radius 1 is 1.00 bits per heavy atom. The van der Waals surface area contributed by atoms with Crippen molar-refractivity contribution in [2.75, 3.05) is 0 Å². The number of hydrogen-bond acceptors (Lipinski definition) is 0. The van der Waals surface area contributed by atoms with Crippen molar-refractivity contribution in [3.05, 3.63) is 0 Å². The molecule has 8 radical (unpaired) electrons. The molecule has 0 amide bonds. The standard InChI is InChI=1S/Ag.Ni.Sb.Sn. The van der Waals surface area contributed by atoms with Crippen LogP contribution >= 0.6 is 0 Å². The Morgan fingerprint density at radius 3 is 1.00 bits per heavy atom. The van der Waals surface area contributed by atoms with Gasteiger partial charge in [0, 0.05) is 87.2 Å². The van der Waals surface area contributed by atoms with E-state index in [0.29, 0.717) is 0 Å². The summed E-state index contributed by atoms with van der Waals surface area (Å²) in [6.07, 6.45) is 0. The van der Waals surface area contributed by atoms with Gasteiger partial charge in [-0.25, -0.2) is 0 Å². The Kier molecular flexibility index (Phi) is 122. The predicted molar refractivity (Wildman–Crippen MR) is 11.5 cm³/mol. The molecule has 0 heterocycles. The van der Waals surface area contributed by atoms with E-state index in [-0.39, 0.29) is 87.2 Å². The van der Waals surface area contributed by atoms with Crippen molar-refractivity contribution in [1.29, 1.82) is 0 Å². The first kappa shape index (κ1) is 28.9. The zero-order chi connectivity index (χ0) is 0. The molecule has 0 fully saturated rings. The molecule has 0 aliphatic heterocycles. The number of rotatable bonds is 0. The quantitative estimate of drug-likeness (QED) is 0.464. The molecule has 0 bridgehead atoms. The van der Waals surface area contributed by atoms with Crippen LogP contribution < -0.4 is 0 Å².